The average molecular weight is 289 g/mol. The van der Waals surface area contributed by atoms with Crippen LogP contribution in [0.2, 0.25) is 0 Å². The molecule has 2 atom stereocenters. The van der Waals surface area contributed by atoms with Crippen LogP contribution in [0.25, 0.3) is 0 Å². The third-order valence-electron chi connectivity index (χ3n) is 4.58. The number of piperidine rings is 1. The fraction of sp³-hybridized carbons (Fsp3) is 0.588. The predicted octanol–water partition coefficient (Wildman–Crippen LogP) is 2.44. The van der Waals surface area contributed by atoms with E-state index >= 15 is 0 Å². The Labute approximate surface area is 127 Å². The standard InChI is InChI=1S/C17H27N3O/c1-12-7-8-15(9-13(12)2)19-17(21)11-20-14(3)5-4-6-16(20)10-18/h7-9,14,16H,4-6,10-11,18H2,1-3H3,(H,19,21). The number of hydrogen-bond acceptors (Lipinski definition) is 3. The van der Waals surface area contributed by atoms with Crippen LogP contribution in [0.1, 0.15) is 37.3 Å². The van der Waals surface area contributed by atoms with E-state index in [0.717, 1.165) is 18.5 Å². The van der Waals surface area contributed by atoms with Crippen molar-refractivity contribution in [1.29, 1.82) is 0 Å². The van der Waals surface area contributed by atoms with Gasteiger partial charge in [-0.3, -0.25) is 9.69 Å². The Morgan fingerprint density at radius 3 is 2.76 bits per heavy atom. The highest BCUT2D eigenvalue weighted by molar-refractivity contribution is 5.92. The van der Waals surface area contributed by atoms with Crippen LogP contribution in [0.3, 0.4) is 0 Å². The number of aryl methyl sites for hydroxylation is 2. The molecular weight excluding hydrogens is 262 g/mol. The van der Waals surface area contributed by atoms with Gasteiger partial charge in [0.1, 0.15) is 0 Å². The summed E-state index contributed by atoms with van der Waals surface area (Å²) in [5.74, 6) is 0.0467. The van der Waals surface area contributed by atoms with Crippen LogP contribution in [0.15, 0.2) is 18.2 Å². The summed E-state index contributed by atoms with van der Waals surface area (Å²) in [5.41, 5.74) is 9.15. The van der Waals surface area contributed by atoms with Gasteiger partial charge < -0.3 is 11.1 Å². The van der Waals surface area contributed by atoms with E-state index in [4.69, 9.17) is 5.73 Å². The number of hydrogen-bond donors (Lipinski definition) is 2. The fourth-order valence-electron chi connectivity index (χ4n) is 3.06. The van der Waals surface area contributed by atoms with Crippen LogP contribution < -0.4 is 11.1 Å². The zero-order chi connectivity index (χ0) is 15.4. The number of anilines is 1. The number of amides is 1. The number of carbonyl (C=O) groups is 1. The lowest BCUT2D eigenvalue weighted by molar-refractivity contribution is -0.118. The third-order valence-corrected chi connectivity index (χ3v) is 4.58. The van der Waals surface area contributed by atoms with Crippen LogP contribution in [-0.4, -0.2) is 36.0 Å². The molecule has 0 bridgehead atoms. The Morgan fingerprint density at radius 2 is 2.10 bits per heavy atom. The van der Waals surface area contributed by atoms with Gasteiger partial charge in [-0.1, -0.05) is 12.5 Å². The highest BCUT2D eigenvalue weighted by atomic mass is 16.2. The van der Waals surface area contributed by atoms with Crippen LogP contribution in [0, 0.1) is 13.8 Å². The van der Waals surface area contributed by atoms with Crippen molar-refractivity contribution in [2.45, 2.75) is 52.1 Å². The summed E-state index contributed by atoms with van der Waals surface area (Å²) >= 11 is 0. The lowest BCUT2D eigenvalue weighted by Crippen LogP contribution is -2.51. The molecule has 1 aromatic carbocycles. The summed E-state index contributed by atoms with van der Waals surface area (Å²) in [5, 5.41) is 3.00. The number of nitrogens with zero attached hydrogens (tertiary/aromatic N) is 1. The van der Waals surface area contributed by atoms with Crippen molar-refractivity contribution in [2.75, 3.05) is 18.4 Å². The van der Waals surface area contributed by atoms with Gasteiger partial charge in [-0.25, -0.2) is 0 Å². The Hall–Kier alpha value is -1.39. The topological polar surface area (TPSA) is 58.4 Å². The second kappa shape index (κ2) is 7.05. The molecule has 3 N–H and O–H groups in total. The largest absolute Gasteiger partial charge is 0.329 e. The van der Waals surface area contributed by atoms with Gasteiger partial charge in [0.2, 0.25) is 5.91 Å². The van der Waals surface area contributed by atoms with Gasteiger partial charge in [-0.2, -0.15) is 0 Å². The predicted molar refractivity (Wildman–Crippen MR) is 87.4 cm³/mol. The first-order valence-electron chi connectivity index (χ1n) is 7.84. The lowest BCUT2D eigenvalue weighted by atomic mass is 9.96. The molecule has 1 saturated heterocycles. The summed E-state index contributed by atoms with van der Waals surface area (Å²) in [7, 11) is 0. The maximum atomic E-state index is 12.3. The molecule has 1 aromatic rings. The summed E-state index contributed by atoms with van der Waals surface area (Å²) in [6.45, 7) is 7.37. The number of nitrogens with one attached hydrogen (secondary N) is 1. The van der Waals surface area contributed by atoms with E-state index in [-0.39, 0.29) is 5.91 Å². The van der Waals surface area contributed by atoms with Gasteiger partial charge in [0.05, 0.1) is 6.54 Å². The number of likely N-dealkylation sites (tertiary alicyclic amines) is 1. The lowest BCUT2D eigenvalue weighted by Gasteiger charge is -2.39. The van der Waals surface area contributed by atoms with Crippen molar-refractivity contribution in [3.63, 3.8) is 0 Å². The second-order valence-corrected chi connectivity index (χ2v) is 6.19. The van der Waals surface area contributed by atoms with E-state index in [9.17, 15) is 4.79 Å². The molecule has 1 heterocycles. The first kappa shape index (κ1) is 16.0. The van der Waals surface area contributed by atoms with Crippen molar-refractivity contribution in [2.24, 2.45) is 5.73 Å². The number of benzene rings is 1. The molecule has 1 fully saturated rings. The quantitative estimate of drug-likeness (QED) is 0.895. The molecule has 0 radical (unpaired) electrons. The highest BCUT2D eigenvalue weighted by Crippen LogP contribution is 2.22. The van der Waals surface area contributed by atoms with E-state index in [0.29, 0.717) is 25.2 Å². The number of nitrogens with two attached hydrogens (primary N) is 1. The minimum Gasteiger partial charge on any atom is -0.329 e. The smallest absolute Gasteiger partial charge is 0.238 e. The van der Waals surface area contributed by atoms with E-state index in [1.54, 1.807) is 0 Å². The Balaban J connectivity index is 1.98. The zero-order valence-corrected chi connectivity index (χ0v) is 13.4. The minimum atomic E-state index is 0.0467. The van der Waals surface area contributed by atoms with E-state index in [1.807, 2.05) is 18.2 Å². The molecule has 2 unspecified atom stereocenters. The van der Waals surface area contributed by atoms with Gasteiger partial charge in [-0.15, -0.1) is 0 Å². The maximum Gasteiger partial charge on any atom is 0.238 e. The number of carbonyl (C=O) groups excluding carboxylic acids is 1. The van der Waals surface area contributed by atoms with Gasteiger partial charge in [-0.05, 0) is 56.9 Å². The molecule has 0 aliphatic carbocycles. The van der Waals surface area contributed by atoms with Gasteiger partial charge >= 0.3 is 0 Å². The molecule has 21 heavy (non-hydrogen) atoms. The van der Waals surface area contributed by atoms with Gasteiger partial charge in [0.25, 0.3) is 0 Å². The van der Waals surface area contributed by atoms with Crippen LogP contribution >= 0.6 is 0 Å². The molecule has 0 spiro atoms. The van der Waals surface area contributed by atoms with Crippen molar-refractivity contribution in [3.05, 3.63) is 29.3 Å². The Kier molecular flexibility index (Phi) is 5.37. The SMILES string of the molecule is Cc1ccc(NC(=O)CN2C(C)CCCC2CN)cc1C. The molecule has 1 amide bonds. The highest BCUT2D eigenvalue weighted by Gasteiger charge is 2.28. The van der Waals surface area contributed by atoms with Crippen molar-refractivity contribution in [1.82, 2.24) is 4.90 Å². The molecule has 1 aliphatic rings. The van der Waals surface area contributed by atoms with E-state index in [1.165, 1.54) is 17.5 Å². The van der Waals surface area contributed by atoms with Gasteiger partial charge in [0.15, 0.2) is 0 Å². The zero-order valence-electron chi connectivity index (χ0n) is 13.4. The molecule has 0 saturated carbocycles. The van der Waals surface area contributed by atoms with Gasteiger partial charge in [0, 0.05) is 24.3 Å². The monoisotopic (exact) mass is 289 g/mol. The van der Waals surface area contributed by atoms with Crippen molar-refractivity contribution >= 4 is 11.6 Å². The summed E-state index contributed by atoms with van der Waals surface area (Å²) in [4.78, 5) is 14.5. The normalized spacial score (nSPS) is 23.0. The second-order valence-electron chi connectivity index (χ2n) is 6.19. The molecule has 2 rings (SSSR count). The Bertz CT molecular complexity index is 501. The number of rotatable bonds is 4. The summed E-state index contributed by atoms with van der Waals surface area (Å²) < 4.78 is 0. The molecule has 4 heteroatoms. The molecular formula is C17H27N3O. The third kappa shape index (κ3) is 4.05. The fourth-order valence-corrected chi connectivity index (χ4v) is 3.06. The van der Waals surface area contributed by atoms with E-state index < -0.39 is 0 Å². The van der Waals surface area contributed by atoms with E-state index in [2.05, 4.69) is 31.0 Å². The molecule has 116 valence electrons. The van der Waals surface area contributed by atoms with Crippen molar-refractivity contribution < 1.29 is 4.79 Å². The van der Waals surface area contributed by atoms with Crippen molar-refractivity contribution in [3.8, 4) is 0 Å². The van der Waals surface area contributed by atoms with Crippen LogP contribution in [0.5, 0.6) is 0 Å². The molecule has 4 nitrogen and oxygen atoms in total. The first-order chi connectivity index (χ1) is 10.0. The minimum absolute atomic E-state index is 0.0467. The molecule has 1 aliphatic heterocycles. The summed E-state index contributed by atoms with van der Waals surface area (Å²) in [6, 6.07) is 6.78. The Morgan fingerprint density at radius 1 is 1.33 bits per heavy atom. The van der Waals surface area contributed by atoms with Crippen LogP contribution in [-0.2, 0) is 4.79 Å². The van der Waals surface area contributed by atoms with Crippen LogP contribution in [0.4, 0.5) is 5.69 Å². The summed E-state index contributed by atoms with van der Waals surface area (Å²) in [6.07, 6.45) is 3.45. The maximum absolute atomic E-state index is 12.3. The molecule has 0 aromatic heterocycles. The average Bonchev–Trinajstić information content (AvgIpc) is 2.45. The first-order valence-corrected chi connectivity index (χ1v) is 7.84.